The van der Waals surface area contributed by atoms with E-state index in [1.54, 1.807) is 14.1 Å². The number of hydrogen-bond acceptors (Lipinski definition) is 3. The highest BCUT2D eigenvalue weighted by atomic mass is 16.4. The molecule has 0 spiro atoms. The molecule has 0 rings (SSSR count). The van der Waals surface area contributed by atoms with Gasteiger partial charge in [0, 0.05) is 26.6 Å². The number of amides is 1. The van der Waals surface area contributed by atoms with Crippen LogP contribution in [0, 0.1) is 0 Å². The average Bonchev–Trinajstić information content (AvgIpc) is 2.10. The van der Waals surface area contributed by atoms with Crippen molar-refractivity contribution >= 4 is 11.9 Å². The normalized spacial score (nSPS) is 9.69. The van der Waals surface area contributed by atoms with Crippen molar-refractivity contribution in [1.29, 1.82) is 0 Å². The minimum atomic E-state index is -0.935. The first-order valence-electron chi connectivity index (χ1n) is 4.18. The Morgan fingerprint density at radius 1 is 1.38 bits per heavy atom. The first-order chi connectivity index (χ1) is 6.07. The highest BCUT2D eigenvalue weighted by Gasteiger charge is 2.09. The Labute approximate surface area is 77.7 Å². The zero-order chi connectivity index (χ0) is 10.3. The standard InChI is InChI=1S/C8H16N2O3/c1-9-5-6-10(2)7(11)3-4-8(12)13/h9H,3-6H2,1-2H3,(H,12,13). The van der Waals surface area contributed by atoms with Gasteiger partial charge in [-0.25, -0.2) is 0 Å². The van der Waals surface area contributed by atoms with Crippen molar-refractivity contribution in [2.75, 3.05) is 27.2 Å². The number of nitrogens with zero attached hydrogens (tertiary/aromatic N) is 1. The molecule has 0 bridgehead atoms. The second-order valence-corrected chi connectivity index (χ2v) is 2.81. The highest BCUT2D eigenvalue weighted by Crippen LogP contribution is 1.94. The molecule has 0 unspecified atom stereocenters. The topological polar surface area (TPSA) is 69.6 Å². The summed E-state index contributed by atoms with van der Waals surface area (Å²) in [4.78, 5) is 22.9. The second kappa shape index (κ2) is 6.42. The summed E-state index contributed by atoms with van der Waals surface area (Å²) in [6.07, 6.45) is -0.0156. The van der Waals surface area contributed by atoms with Crippen LogP contribution in [0.3, 0.4) is 0 Å². The molecule has 0 aromatic carbocycles. The number of likely N-dealkylation sites (N-methyl/N-ethyl adjacent to an activating group) is 2. The van der Waals surface area contributed by atoms with Crippen molar-refractivity contribution in [1.82, 2.24) is 10.2 Å². The van der Waals surface area contributed by atoms with E-state index in [0.29, 0.717) is 6.54 Å². The Morgan fingerprint density at radius 2 is 2.00 bits per heavy atom. The maximum atomic E-state index is 11.2. The van der Waals surface area contributed by atoms with Crippen molar-refractivity contribution < 1.29 is 14.7 Å². The maximum absolute atomic E-state index is 11.2. The van der Waals surface area contributed by atoms with Crippen LogP contribution in [0.25, 0.3) is 0 Å². The number of carbonyl (C=O) groups is 2. The summed E-state index contributed by atoms with van der Waals surface area (Å²) in [6, 6.07) is 0. The summed E-state index contributed by atoms with van der Waals surface area (Å²) in [5.41, 5.74) is 0. The molecule has 0 saturated heterocycles. The van der Waals surface area contributed by atoms with Crippen LogP contribution in [0.1, 0.15) is 12.8 Å². The van der Waals surface area contributed by atoms with Gasteiger partial charge in [-0.2, -0.15) is 0 Å². The van der Waals surface area contributed by atoms with Crippen LogP contribution in [-0.4, -0.2) is 49.1 Å². The quantitative estimate of drug-likeness (QED) is 0.591. The van der Waals surface area contributed by atoms with E-state index in [1.165, 1.54) is 4.90 Å². The molecule has 0 radical (unpaired) electrons. The third kappa shape index (κ3) is 6.10. The molecule has 0 atom stereocenters. The molecule has 0 aromatic rings. The molecule has 0 aliphatic rings. The molecule has 2 N–H and O–H groups in total. The lowest BCUT2D eigenvalue weighted by Gasteiger charge is -2.15. The van der Waals surface area contributed by atoms with Gasteiger partial charge in [-0.15, -0.1) is 0 Å². The zero-order valence-electron chi connectivity index (χ0n) is 8.04. The molecule has 5 heteroatoms. The van der Waals surface area contributed by atoms with Gasteiger partial charge in [0.1, 0.15) is 0 Å². The molecule has 5 nitrogen and oxygen atoms in total. The average molecular weight is 188 g/mol. The number of carboxylic acid groups (broad SMARTS) is 1. The Morgan fingerprint density at radius 3 is 2.46 bits per heavy atom. The Kier molecular flexibility index (Phi) is 5.88. The lowest BCUT2D eigenvalue weighted by molar-refractivity contribution is -0.140. The number of carbonyl (C=O) groups excluding carboxylic acids is 1. The minimum absolute atomic E-state index is 0.0789. The number of hydrogen-bond donors (Lipinski definition) is 2. The lowest BCUT2D eigenvalue weighted by Crippen LogP contribution is -2.32. The predicted molar refractivity (Wildman–Crippen MR) is 48.4 cm³/mol. The van der Waals surface area contributed by atoms with E-state index < -0.39 is 5.97 Å². The number of carboxylic acids is 1. The van der Waals surface area contributed by atoms with Crippen LogP contribution in [0.15, 0.2) is 0 Å². The van der Waals surface area contributed by atoms with Crippen molar-refractivity contribution in [3.8, 4) is 0 Å². The van der Waals surface area contributed by atoms with Gasteiger partial charge < -0.3 is 15.3 Å². The van der Waals surface area contributed by atoms with Crippen molar-refractivity contribution in [3.05, 3.63) is 0 Å². The van der Waals surface area contributed by atoms with Gasteiger partial charge in [0.25, 0.3) is 0 Å². The lowest BCUT2D eigenvalue weighted by atomic mass is 10.3. The highest BCUT2D eigenvalue weighted by molar-refractivity contribution is 5.80. The van der Waals surface area contributed by atoms with Crippen LogP contribution in [0.5, 0.6) is 0 Å². The van der Waals surface area contributed by atoms with Crippen LogP contribution >= 0.6 is 0 Å². The monoisotopic (exact) mass is 188 g/mol. The van der Waals surface area contributed by atoms with Gasteiger partial charge in [-0.05, 0) is 7.05 Å². The fourth-order valence-corrected chi connectivity index (χ4v) is 0.809. The van der Waals surface area contributed by atoms with Crippen molar-refractivity contribution in [2.45, 2.75) is 12.8 Å². The largest absolute Gasteiger partial charge is 0.481 e. The SMILES string of the molecule is CNCCN(C)C(=O)CCC(=O)O. The van der Waals surface area contributed by atoms with E-state index >= 15 is 0 Å². The van der Waals surface area contributed by atoms with Gasteiger partial charge >= 0.3 is 5.97 Å². The molecule has 0 aromatic heterocycles. The molecule has 1 amide bonds. The third-order valence-corrected chi connectivity index (χ3v) is 1.68. The number of rotatable bonds is 6. The summed E-state index contributed by atoms with van der Waals surface area (Å²) in [5, 5.41) is 11.2. The van der Waals surface area contributed by atoms with Crippen molar-refractivity contribution in [3.63, 3.8) is 0 Å². The summed E-state index contributed by atoms with van der Waals surface area (Å²) >= 11 is 0. The molecule has 13 heavy (non-hydrogen) atoms. The van der Waals surface area contributed by atoms with Crippen molar-refractivity contribution in [2.24, 2.45) is 0 Å². The maximum Gasteiger partial charge on any atom is 0.303 e. The third-order valence-electron chi connectivity index (χ3n) is 1.68. The number of nitrogens with one attached hydrogen (secondary N) is 1. The summed E-state index contributed by atoms with van der Waals surface area (Å²) in [7, 11) is 3.47. The molecule has 0 fully saturated rings. The fraction of sp³-hybridized carbons (Fsp3) is 0.750. The second-order valence-electron chi connectivity index (χ2n) is 2.81. The summed E-state index contributed by atoms with van der Waals surface area (Å²) < 4.78 is 0. The first-order valence-corrected chi connectivity index (χ1v) is 4.18. The van der Waals surface area contributed by atoms with Gasteiger partial charge in [-0.3, -0.25) is 9.59 Å². The van der Waals surface area contributed by atoms with Crippen LogP contribution < -0.4 is 5.32 Å². The van der Waals surface area contributed by atoms with Crippen LogP contribution in [0.4, 0.5) is 0 Å². The molecule has 0 aliphatic heterocycles. The van der Waals surface area contributed by atoms with E-state index in [9.17, 15) is 9.59 Å². The summed E-state index contributed by atoms with van der Waals surface area (Å²) in [5.74, 6) is -1.06. The Hall–Kier alpha value is -1.10. The molecular weight excluding hydrogens is 172 g/mol. The molecular formula is C8H16N2O3. The van der Waals surface area contributed by atoms with Gasteiger partial charge in [-0.1, -0.05) is 0 Å². The Balaban J connectivity index is 3.63. The van der Waals surface area contributed by atoms with Crippen LogP contribution in [-0.2, 0) is 9.59 Å². The zero-order valence-corrected chi connectivity index (χ0v) is 8.04. The van der Waals surface area contributed by atoms with E-state index in [1.807, 2.05) is 0 Å². The van der Waals surface area contributed by atoms with E-state index in [4.69, 9.17) is 5.11 Å². The molecule has 0 aliphatic carbocycles. The van der Waals surface area contributed by atoms with Crippen LogP contribution in [0.2, 0.25) is 0 Å². The van der Waals surface area contributed by atoms with Gasteiger partial charge in [0.2, 0.25) is 5.91 Å². The molecule has 0 heterocycles. The molecule has 0 saturated carbocycles. The van der Waals surface area contributed by atoms with Gasteiger partial charge in [0.05, 0.1) is 6.42 Å². The minimum Gasteiger partial charge on any atom is -0.481 e. The first kappa shape index (κ1) is 11.9. The van der Waals surface area contributed by atoms with E-state index in [-0.39, 0.29) is 18.7 Å². The van der Waals surface area contributed by atoms with E-state index in [2.05, 4.69) is 5.32 Å². The Bertz CT molecular complexity index is 182. The predicted octanol–water partition coefficient (Wildman–Crippen LogP) is -0.471. The number of aliphatic carboxylic acids is 1. The smallest absolute Gasteiger partial charge is 0.303 e. The van der Waals surface area contributed by atoms with Gasteiger partial charge in [0.15, 0.2) is 0 Å². The summed E-state index contributed by atoms with van der Waals surface area (Å²) in [6.45, 7) is 1.32. The van der Waals surface area contributed by atoms with E-state index in [0.717, 1.165) is 6.54 Å². The fourth-order valence-electron chi connectivity index (χ4n) is 0.809. The molecule has 76 valence electrons.